The van der Waals surface area contributed by atoms with Crippen LogP contribution in [0.1, 0.15) is 51.6 Å². The molecule has 8 nitrogen and oxygen atoms in total. The average molecular weight is 477 g/mol. The fourth-order valence-corrected chi connectivity index (χ4v) is 5.39. The van der Waals surface area contributed by atoms with Gasteiger partial charge in [-0.05, 0) is 44.4 Å². The Morgan fingerprint density at radius 3 is 2.25 bits per heavy atom. The summed E-state index contributed by atoms with van der Waals surface area (Å²) in [6.45, 7) is 5.49. The maximum absolute atomic E-state index is 12.7. The van der Waals surface area contributed by atoms with Crippen molar-refractivity contribution >= 4 is 47.0 Å². The smallest absolute Gasteiger partial charge is 0.407 e. The molecule has 2 atom stereocenters. The van der Waals surface area contributed by atoms with E-state index in [9.17, 15) is 24.3 Å². The molecule has 3 amide bonds. The maximum Gasteiger partial charge on any atom is 0.407 e. The van der Waals surface area contributed by atoms with Gasteiger partial charge in [-0.15, -0.1) is 23.1 Å². The Morgan fingerprint density at radius 1 is 1.12 bits per heavy atom. The molecule has 0 fully saturated rings. The Bertz CT molecular complexity index is 981. The molecule has 2 heterocycles. The average Bonchev–Trinajstić information content (AvgIpc) is 3.32. The SMILES string of the molecule is CC(C)(C)OC(=O)NCC(SC[C@@H](C(=O)O)N1C(=O)c2ccccc2C1=O)c1cccs1. The van der Waals surface area contributed by atoms with Gasteiger partial charge in [0.05, 0.1) is 16.4 Å². The molecule has 32 heavy (non-hydrogen) atoms. The molecular formula is C22H24N2O6S2. The Morgan fingerprint density at radius 2 is 1.75 bits per heavy atom. The quantitative estimate of drug-likeness (QED) is 0.557. The summed E-state index contributed by atoms with van der Waals surface area (Å²) < 4.78 is 5.27. The van der Waals surface area contributed by atoms with Gasteiger partial charge < -0.3 is 15.2 Å². The number of carbonyl (C=O) groups is 4. The second kappa shape index (κ2) is 9.74. The summed E-state index contributed by atoms with van der Waals surface area (Å²) in [7, 11) is 0. The largest absolute Gasteiger partial charge is 0.480 e. The van der Waals surface area contributed by atoms with E-state index in [4.69, 9.17) is 4.74 Å². The van der Waals surface area contributed by atoms with E-state index in [0.29, 0.717) is 0 Å². The molecule has 0 radical (unpaired) electrons. The van der Waals surface area contributed by atoms with Gasteiger partial charge in [0.2, 0.25) is 0 Å². The van der Waals surface area contributed by atoms with Crippen LogP contribution in [-0.2, 0) is 9.53 Å². The normalized spacial score (nSPS) is 15.3. The lowest BCUT2D eigenvalue weighted by Gasteiger charge is -2.25. The lowest BCUT2D eigenvalue weighted by atomic mass is 10.1. The number of imide groups is 1. The van der Waals surface area contributed by atoms with Crippen molar-refractivity contribution in [3.63, 3.8) is 0 Å². The van der Waals surface area contributed by atoms with Crippen LogP contribution in [0.5, 0.6) is 0 Å². The van der Waals surface area contributed by atoms with Gasteiger partial charge in [0.15, 0.2) is 0 Å². The summed E-state index contributed by atoms with van der Waals surface area (Å²) in [5.41, 5.74) is -0.236. The molecule has 1 unspecified atom stereocenters. The minimum absolute atomic E-state index is 0.0284. The van der Waals surface area contributed by atoms with E-state index < -0.39 is 35.5 Å². The number of nitrogens with one attached hydrogen (secondary N) is 1. The number of hydrogen-bond acceptors (Lipinski definition) is 7. The number of carbonyl (C=O) groups excluding carboxylic acids is 3. The number of carboxylic acids is 1. The van der Waals surface area contributed by atoms with Gasteiger partial charge in [-0.1, -0.05) is 18.2 Å². The minimum atomic E-state index is -1.34. The van der Waals surface area contributed by atoms with Crippen molar-refractivity contribution in [1.82, 2.24) is 10.2 Å². The monoisotopic (exact) mass is 476 g/mol. The Balaban J connectivity index is 1.72. The van der Waals surface area contributed by atoms with Crippen LogP contribution >= 0.6 is 23.1 Å². The molecule has 3 rings (SSSR count). The van der Waals surface area contributed by atoms with E-state index in [1.165, 1.54) is 35.2 Å². The van der Waals surface area contributed by atoms with Crippen LogP contribution in [0.2, 0.25) is 0 Å². The molecule has 1 aromatic carbocycles. The first-order valence-corrected chi connectivity index (χ1v) is 11.8. The summed E-state index contributed by atoms with van der Waals surface area (Å²) in [5, 5.41) is 14.1. The maximum atomic E-state index is 12.7. The zero-order chi connectivity index (χ0) is 23.5. The fourth-order valence-electron chi connectivity index (χ4n) is 3.16. The van der Waals surface area contributed by atoms with Crippen molar-refractivity contribution in [1.29, 1.82) is 0 Å². The number of fused-ring (bicyclic) bond motifs is 1. The highest BCUT2D eigenvalue weighted by Crippen LogP contribution is 2.34. The molecule has 10 heteroatoms. The third-order valence-electron chi connectivity index (χ3n) is 4.57. The van der Waals surface area contributed by atoms with E-state index in [0.717, 1.165) is 9.78 Å². The molecule has 1 aromatic heterocycles. The molecular weight excluding hydrogens is 452 g/mol. The van der Waals surface area contributed by atoms with Crippen LogP contribution in [0, 0.1) is 0 Å². The molecule has 2 aromatic rings. The number of amides is 3. The zero-order valence-electron chi connectivity index (χ0n) is 17.9. The number of ether oxygens (including phenoxy) is 1. The first-order valence-electron chi connectivity index (χ1n) is 9.90. The van der Waals surface area contributed by atoms with Gasteiger partial charge in [-0.25, -0.2) is 9.59 Å². The van der Waals surface area contributed by atoms with Crippen LogP contribution < -0.4 is 5.32 Å². The van der Waals surface area contributed by atoms with Crippen LogP contribution in [0.3, 0.4) is 0 Å². The number of thioether (sulfide) groups is 1. The predicted octanol–water partition coefficient (Wildman–Crippen LogP) is 3.80. The number of aliphatic carboxylic acids is 1. The first kappa shape index (κ1) is 23.8. The minimum Gasteiger partial charge on any atom is -0.480 e. The number of hydrogen-bond donors (Lipinski definition) is 2. The third-order valence-corrected chi connectivity index (χ3v) is 7.04. The van der Waals surface area contributed by atoms with Gasteiger partial charge >= 0.3 is 12.1 Å². The van der Waals surface area contributed by atoms with Crippen molar-refractivity contribution < 1.29 is 29.0 Å². The van der Waals surface area contributed by atoms with Gasteiger partial charge in [-0.2, -0.15) is 0 Å². The molecule has 2 N–H and O–H groups in total. The van der Waals surface area contributed by atoms with Gasteiger partial charge in [0.25, 0.3) is 11.8 Å². The summed E-state index contributed by atoms with van der Waals surface area (Å²) in [6.07, 6.45) is -0.574. The van der Waals surface area contributed by atoms with Crippen LogP contribution in [0.25, 0.3) is 0 Å². The first-order chi connectivity index (χ1) is 15.1. The van der Waals surface area contributed by atoms with E-state index in [1.54, 1.807) is 32.9 Å². The summed E-state index contributed by atoms with van der Waals surface area (Å²) in [4.78, 5) is 51.3. The number of thiophene rings is 1. The molecule has 1 aliphatic heterocycles. The lowest BCUT2D eigenvalue weighted by Crippen LogP contribution is -2.46. The molecule has 0 bridgehead atoms. The molecule has 0 spiro atoms. The van der Waals surface area contributed by atoms with Crippen LogP contribution in [-0.4, -0.2) is 57.8 Å². The Hall–Kier alpha value is -2.85. The predicted molar refractivity (Wildman–Crippen MR) is 122 cm³/mol. The van der Waals surface area contributed by atoms with Crippen molar-refractivity contribution in [2.75, 3.05) is 12.3 Å². The lowest BCUT2D eigenvalue weighted by molar-refractivity contribution is -0.140. The Labute approximate surface area is 193 Å². The molecule has 0 saturated carbocycles. The van der Waals surface area contributed by atoms with Gasteiger partial charge in [-0.3, -0.25) is 14.5 Å². The van der Waals surface area contributed by atoms with Crippen molar-refractivity contribution in [2.45, 2.75) is 37.7 Å². The second-order valence-electron chi connectivity index (χ2n) is 8.10. The highest BCUT2D eigenvalue weighted by atomic mass is 32.2. The Kier molecular flexibility index (Phi) is 7.25. The fraction of sp³-hybridized carbons (Fsp3) is 0.364. The molecule has 0 aliphatic carbocycles. The molecule has 1 aliphatic rings. The molecule has 0 saturated heterocycles. The van der Waals surface area contributed by atoms with E-state index >= 15 is 0 Å². The molecule has 170 valence electrons. The van der Waals surface area contributed by atoms with Gasteiger partial charge in [0, 0.05) is 17.2 Å². The number of nitrogens with zero attached hydrogens (tertiary/aromatic N) is 1. The number of rotatable bonds is 8. The van der Waals surface area contributed by atoms with Crippen molar-refractivity contribution in [3.8, 4) is 0 Å². The number of carboxylic acid groups (broad SMARTS) is 1. The van der Waals surface area contributed by atoms with Crippen LogP contribution in [0.15, 0.2) is 41.8 Å². The topological polar surface area (TPSA) is 113 Å². The van der Waals surface area contributed by atoms with Crippen molar-refractivity contribution in [2.24, 2.45) is 0 Å². The highest BCUT2D eigenvalue weighted by molar-refractivity contribution is 7.99. The standard InChI is InChI=1S/C22H24N2O6S2/c1-22(2,3)30-21(29)23-11-17(16-9-6-10-31-16)32-12-15(20(27)28)24-18(25)13-7-4-5-8-14(13)19(24)26/h4-10,15,17H,11-12H2,1-3H3,(H,23,29)(H,27,28)/t15-,17?/m0/s1. The summed E-state index contributed by atoms with van der Waals surface area (Å²) >= 11 is 2.73. The van der Waals surface area contributed by atoms with Crippen molar-refractivity contribution in [3.05, 3.63) is 57.8 Å². The summed E-state index contributed by atoms with van der Waals surface area (Å²) in [5.74, 6) is -2.52. The summed E-state index contributed by atoms with van der Waals surface area (Å²) in [6, 6.07) is 8.70. The second-order valence-corrected chi connectivity index (χ2v) is 10.3. The highest BCUT2D eigenvalue weighted by Gasteiger charge is 2.43. The van der Waals surface area contributed by atoms with Crippen LogP contribution in [0.4, 0.5) is 4.79 Å². The number of alkyl carbamates (subject to hydrolysis) is 1. The third kappa shape index (κ3) is 5.49. The van der Waals surface area contributed by atoms with E-state index in [1.807, 2.05) is 17.5 Å². The zero-order valence-corrected chi connectivity index (χ0v) is 19.5. The van der Waals surface area contributed by atoms with E-state index in [2.05, 4.69) is 5.32 Å². The van der Waals surface area contributed by atoms with E-state index in [-0.39, 0.29) is 28.7 Å². The number of benzene rings is 1. The van der Waals surface area contributed by atoms with Gasteiger partial charge in [0.1, 0.15) is 11.6 Å².